The zero-order valence-electron chi connectivity index (χ0n) is 13.6. The van der Waals surface area contributed by atoms with E-state index in [0.717, 1.165) is 56.2 Å². The molecular weight excluding hydrogens is 290 g/mol. The molecule has 4 heterocycles. The molecule has 122 valence electrons. The number of pyridine rings is 1. The molecule has 2 aromatic heterocycles. The Morgan fingerprint density at radius 2 is 2.30 bits per heavy atom. The van der Waals surface area contributed by atoms with Gasteiger partial charge in [0.25, 0.3) is 0 Å². The van der Waals surface area contributed by atoms with Crippen LogP contribution in [0, 0.1) is 12.3 Å². The monoisotopic (exact) mass is 313 g/mol. The first-order valence-corrected chi connectivity index (χ1v) is 8.45. The zero-order valence-corrected chi connectivity index (χ0v) is 13.6. The Balaban J connectivity index is 1.54. The first-order chi connectivity index (χ1) is 11.2. The zero-order chi connectivity index (χ0) is 15.9. The summed E-state index contributed by atoms with van der Waals surface area (Å²) in [6.07, 6.45) is 5.77. The molecule has 0 bridgehead atoms. The standard InChI is InChI=1S/C18H23N3O2/c1-14-15(21-9-3-2-5-16(21)19-14)11-17(22)20-8-4-6-18(12-20)7-10-23-13-18/h2-3,5,9H,4,6-8,10-13H2,1H3/t18-/m0/s1. The topological polar surface area (TPSA) is 46.8 Å². The van der Waals surface area contributed by atoms with E-state index < -0.39 is 0 Å². The molecule has 0 aromatic carbocycles. The number of nitrogens with zero attached hydrogens (tertiary/aromatic N) is 3. The molecule has 1 amide bonds. The number of carbonyl (C=O) groups excluding carboxylic acids is 1. The highest BCUT2D eigenvalue weighted by molar-refractivity contribution is 5.79. The van der Waals surface area contributed by atoms with Crippen molar-refractivity contribution < 1.29 is 9.53 Å². The fourth-order valence-electron chi connectivity index (χ4n) is 4.02. The third-order valence-electron chi connectivity index (χ3n) is 5.35. The van der Waals surface area contributed by atoms with Crippen LogP contribution in [-0.4, -0.2) is 46.5 Å². The van der Waals surface area contributed by atoms with Crippen LogP contribution in [0.15, 0.2) is 24.4 Å². The maximum Gasteiger partial charge on any atom is 0.228 e. The van der Waals surface area contributed by atoms with Gasteiger partial charge in [-0.3, -0.25) is 4.79 Å². The van der Waals surface area contributed by atoms with Gasteiger partial charge < -0.3 is 14.0 Å². The van der Waals surface area contributed by atoms with Crippen LogP contribution < -0.4 is 0 Å². The molecule has 5 heteroatoms. The molecule has 0 saturated carbocycles. The molecule has 5 nitrogen and oxygen atoms in total. The van der Waals surface area contributed by atoms with Gasteiger partial charge in [-0.1, -0.05) is 6.07 Å². The maximum atomic E-state index is 12.8. The lowest BCUT2D eigenvalue weighted by atomic mass is 9.79. The van der Waals surface area contributed by atoms with Crippen molar-refractivity contribution in [1.29, 1.82) is 0 Å². The lowest BCUT2D eigenvalue weighted by Crippen LogP contribution is -2.47. The summed E-state index contributed by atoms with van der Waals surface area (Å²) in [5, 5.41) is 0. The van der Waals surface area contributed by atoms with Crippen LogP contribution in [0.3, 0.4) is 0 Å². The Kier molecular flexibility index (Phi) is 3.60. The van der Waals surface area contributed by atoms with Crippen LogP contribution >= 0.6 is 0 Å². The minimum absolute atomic E-state index is 0.211. The average molecular weight is 313 g/mol. The summed E-state index contributed by atoms with van der Waals surface area (Å²) < 4.78 is 7.63. The fraction of sp³-hybridized carbons (Fsp3) is 0.556. The molecule has 4 rings (SSSR count). The van der Waals surface area contributed by atoms with Crippen LogP contribution in [0.4, 0.5) is 0 Å². The van der Waals surface area contributed by atoms with Crippen molar-refractivity contribution in [3.8, 4) is 0 Å². The molecule has 2 fully saturated rings. The summed E-state index contributed by atoms with van der Waals surface area (Å²) in [4.78, 5) is 19.4. The van der Waals surface area contributed by atoms with Crippen molar-refractivity contribution in [1.82, 2.24) is 14.3 Å². The number of imidazole rings is 1. The van der Waals surface area contributed by atoms with E-state index in [9.17, 15) is 4.79 Å². The van der Waals surface area contributed by atoms with Gasteiger partial charge >= 0.3 is 0 Å². The Bertz CT molecular complexity index is 731. The van der Waals surface area contributed by atoms with Gasteiger partial charge in [0.05, 0.1) is 24.4 Å². The third-order valence-corrected chi connectivity index (χ3v) is 5.35. The number of carbonyl (C=O) groups is 1. The van der Waals surface area contributed by atoms with Gasteiger partial charge in [0.2, 0.25) is 5.91 Å². The molecule has 0 radical (unpaired) electrons. The SMILES string of the molecule is Cc1nc2ccccn2c1CC(=O)N1CCC[C@]2(CCOC2)C1. The summed E-state index contributed by atoms with van der Waals surface area (Å²) in [6.45, 7) is 5.36. The number of piperidine rings is 1. The highest BCUT2D eigenvalue weighted by Gasteiger charge is 2.40. The molecule has 2 aliphatic rings. The highest BCUT2D eigenvalue weighted by atomic mass is 16.5. The minimum atomic E-state index is 0.211. The van der Waals surface area contributed by atoms with Gasteiger partial charge in [0.15, 0.2) is 0 Å². The largest absolute Gasteiger partial charge is 0.381 e. The molecule has 2 aliphatic heterocycles. The number of rotatable bonds is 2. The molecule has 0 unspecified atom stereocenters. The molecule has 0 aliphatic carbocycles. The second-order valence-electron chi connectivity index (χ2n) is 6.97. The first-order valence-electron chi connectivity index (χ1n) is 8.45. The Morgan fingerprint density at radius 1 is 1.39 bits per heavy atom. The quantitative estimate of drug-likeness (QED) is 0.854. The van der Waals surface area contributed by atoms with Gasteiger partial charge in [-0.15, -0.1) is 0 Å². The molecule has 1 atom stereocenters. The van der Waals surface area contributed by atoms with Crippen LogP contribution in [0.25, 0.3) is 5.65 Å². The molecular formula is C18H23N3O2. The predicted molar refractivity (Wildman–Crippen MR) is 87.3 cm³/mol. The molecule has 2 saturated heterocycles. The summed E-state index contributed by atoms with van der Waals surface area (Å²) in [5.74, 6) is 0.213. The van der Waals surface area contributed by atoms with Crippen LogP contribution in [0.5, 0.6) is 0 Å². The van der Waals surface area contributed by atoms with Crippen LogP contribution in [-0.2, 0) is 16.0 Å². The smallest absolute Gasteiger partial charge is 0.228 e. The van der Waals surface area contributed by atoms with Crippen LogP contribution in [0.2, 0.25) is 0 Å². The summed E-state index contributed by atoms with van der Waals surface area (Å²) >= 11 is 0. The normalized spacial score (nSPS) is 24.7. The number of hydrogen-bond acceptors (Lipinski definition) is 3. The van der Waals surface area contributed by atoms with E-state index in [4.69, 9.17) is 4.74 Å². The lowest BCUT2D eigenvalue weighted by Gasteiger charge is -2.39. The number of amides is 1. The van der Waals surface area contributed by atoms with E-state index in [1.54, 1.807) is 0 Å². The van der Waals surface area contributed by atoms with E-state index in [0.29, 0.717) is 6.42 Å². The highest BCUT2D eigenvalue weighted by Crippen LogP contribution is 2.37. The fourth-order valence-corrected chi connectivity index (χ4v) is 4.02. The van der Waals surface area contributed by atoms with E-state index in [1.165, 1.54) is 6.42 Å². The summed E-state index contributed by atoms with van der Waals surface area (Å²) in [6, 6.07) is 5.93. The Labute approximate surface area is 136 Å². The maximum absolute atomic E-state index is 12.8. The van der Waals surface area contributed by atoms with Gasteiger partial charge in [-0.2, -0.15) is 0 Å². The average Bonchev–Trinajstić information content (AvgIpc) is 3.13. The number of ether oxygens (including phenoxy) is 1. The Morgan fingerprint density at radius 3 is 3.13 bits per heavy atom. The van der Waals surface area contributed by atoms with Gasteiger partial charge in [0.1, 0.15) is 5.65 Å². The molecule has 1 spiro atoms. The van der Waals surface area contributed by atoms with Crippen molar-refractivity contribution >= 4 is 11.6 Å². The van der Waals surface area contributed by atoms with Crippen molar-refractivity contribution in [2.45, 2.75) is 32.6 Å². The number of aromatic nitrogens is 2. The van der Waals surface area contributed by atoms with Gasteiger partial charge in [0, 0.05) is 31.3 Å². The van der Waals surface area contributed by atoms with Crippen molar-refractivity contribution in [2.75, 3.05) is 26.3 Å². The second-order valence-corrected chi connectivity index (χ2v) is 6.97. The Hall–Kier alpha value is -1.88. The second kappa shape index (κ2) is 5.64. The van der Waals surface area contributed by atoms with Crippen molar-refractivity contribution in [3.05, 3.63) is 35.8 Å². The number of aryl methyl sites for hydroxylation is 1. The van der Waals surface area contributed by atoms with E-state index in [1.807, 2.05) is 40.6 Å². The third kappa shape index (κ3) is 2.63. The molecule has 2 aromatic rings. The summed E-state index contributed by atoms with van der Waals surface area (Å²) in [7, 11) is 0. The summed E-state index contributed by atoms with van der Waals surface area (Å²) in [5.41, 5.74) is 3.07. The van der Waals surface area contributed by atoms with Gasteiger partial charge in [-0.05, 0) is 38.3 Å². The van der Waals surface area contributed by atoms with Crippen molar-refractivity contribution in [2.24, 2.45) is 5.41 Å². The predicted octanol–water partition coefficient (Wildman–Crippen LogP) is 2.21. The minimum Gasteiger partial charge on any atom is -0.381 e. The van der Waals surface area contributed by atoms with E-state index >= 15 is 0 Å². The number of likely N-dealkylation sites (tertiary alicyclic amines) is 1. The van der Waals surface area contributed by atoms with E-state index in [-0.39, 0.29) is 11.3 Å². The number of hydrogen-bond donors (Lipinski definition) is 0. The lowest BCUT2D eigenvalue weighted by molar-refractivity contribution is -0.134. The molecule has 0 N–H and O–H groups in total. The number of fused-ring (bicyclic) bond motifs is 1. The molecule has 23 heavy (non-hydrogen) atoms. The van der Waals surface area contributed by atoms with E-state index in [2.05, 4.69) is 4.98 Å². The van der Waals surface area contributed by atoms with Gasteiger partial charge in [-0.25, -0.2) is 4.98 Å². The first kappa shape index (κ1) is 14.7. The van der Waals surface area contributed by atoms with Crippen LogP contribution in [0.1, 0.15) is 30.7 Å². The van der Waals surface area contributed by atoms with Crippen molar-refractivity contribution in [3.63, 3.8) is 0 Å².